The van der Waals surface area contributed by atoms with Crippen molar-refractivity contribution in [3.8, 4) is 0 Å². The normalized spacial score (nSPS) is 21.4. The number of methoxy groups -OCH3 is 1. The highest BCUT2D eigenvalue weighted by Gasteiger charge is 2.30. The number of rotatable bonds is 7. The minimum absolute atomic E-state index is 0.00877. The molecule has 0 aromatic rings. The molecular formula is C12H24N2O3. The van der Waals surface area contributed by atoms with Gasteiger partial charge in [-0.25, -0.2) is 0 Å². The minimum atomic E-state index is -0.900. The van der Waals surface area contributed by atoms with Crippen molar-refractivity contribution in [3.63, 3.8) is 0 Å². The lowest BCUT2D eigenvalue weighted by molar-refractivity contribution is -0.128. The maximum atomic E-state index is 11.8. The standard InChI is InChI=1S/C12H24N2O3/c1-9(10-6-13-7-10)11(15)14-8-12(2,16)4-5-17-3/h9-10,13,16H,4-8H2,1-3H3,(H,14,15). The zero-order valence-corrected chi connectivity index (χ0v) is 11.0. The SMILES string of the molecule is COCCC(C)(O)CNC(=O)C(C)C1CNC1. The molecule has 1 heterocycles. The van der Waals surface area contributed by atoms with Gasteiger partial charge in [0.15, 0.2) is 0 Å². The Hall–Kier alpha value is -0.650. The van der Waals surface area contributed by atoms with Gasteiger partial charge in [-0.15, -0.1) is 0 Å². The number of carbonyl (C=O) groups is 1. The molecule has 0 bridgehead atoms. The molecule has 0 spiro atoms. The molecular weight excluding hydrogens is 220 g/mol. The van der Waals surface area contributed by atoms with Crippen molar-refractivity contribution in [1.82, 2.24) is 10.6 Å². The number of amides is 1. The average molecular weight is 244 g/mol. The van der Waals surface area contributed by atoms with Crippen LogP contribution in [0.25, 0.3) is 0 Å². The number of aliphatic hydroxyl groups is 1. The second-order valence-corrected chi connectivity index (χ2v) is 5.16. The summed E-state index contributed by atoms with van der Waals surface area (Å²) in [7, 11) is 1.60. The fourth-order valence-electron chi connectivity index (χ4n) is 1.73. The van der Waals surface area contributed by atoms with E-state index in [1.165, 1.54) is 0 Å². The average Bonchev–Trinajstić information content (AvgIpc) is 2.21. The van der Waals surface area contributed by atoms with Crippen molar-refractivity contribution in [1.29, 1.82) is 0 Å². The summed E-state index contributed by atoms with van der Waals surface area (Å²) in [4.78, 5) is 11.8. The first-order valence-corrected chi connectivity index (χ1v) is 6.16. The summed E-state index contributed by atoms with van der Waals surface area (Å²) in [6, 6.07) is 0. The van der Waals surface area contributed by atoms with E-state index in [0.717, 1.165) is 13.1 Å². The van der Waals surface area contributed by atoms with Gasteiger partial charge in [0.2, 0.25) is 5.91 Å². The van der Waals surface area contributed by atoms with Crippen LogP contribution >= 0.6 is 0 Å². The molecule has 2 atom stereocenters. The van der Waals surface area contributed by atoms with Crippen LogP contribution in [-0.2, 0) is 9.53 Å². The number of ether oxygens (including phenoxy) is 1. The van der Waals surface area contributed by atoms with E-state index in [4.69, 9.17) is 4.74 Å². The number of hydrogen-bond acceptors (Lipinski definition) is 4. The van der Waals surface area contributed by atoms with Gasteiger partial charge in [0.05, 0.1) is 5.60 Å². The van der Waals surface area contributed by atoms with Gasteiger partial charge in [-0.1, -0.05) is 6.92 Å². The molecule has 1 rings (SSSR count). The summed E-state index contributed by atoms with van der Waals surface area (Å²) >= 11 is 0. The van der Waals surface area contributed by atoms with E-state index in [9.17, 15) is 9.90 Å². The van der Waals surface area contributed by atoms with Gasteiger partial charge in [-0.3, -0.25) is 4.79 Å². The second kappa shape index (κ2) is 6.33. The molecule has 0 aromatic heterocycles. The van der Waals surface area contributed by atoms with Crippen molar-refractivity contribution < 1.29 is 14.6 Å². The Labute approximate surface area is 103 Å². The fourth-order valence-corrected chi connectivity index (χ4v) is 1.73. The van der Waals surface area contributed by atoms with E-state index in [-0.39, 0.29) is 18.4 Å². The van der Waals surface area contributed by atoms with E-state index in [0.29, 0.717) is 18.9 Å². The minimum Gasteiger partial charge on any atom is -0.388 e. The Kier molecular flexibility index (Phi) is 5.36. The smallest absolute Gasteiger partial charge is 0.223 e. The predicted octanol–water partition coefficient (Wildman–Crippen LogP) is -0.254. The molecule has 0 radical (unpaired) electrons. The second-order valence-electron chi connectivity index (χ2n) is 5.16. The van der Waals surface area contributed by atoms with Crippen LogP contribution in [0.15, 0.2) is 0 Å². The molecule has 17 heavy (non-hydrogen) atoms. The maximum Gasteiger partial charge on any atom is 0.223 e. The topological polar surface area (TPSA) is 70.6 Å². The van der Waals surface area contributed by atoms with Gasteiger partial charge in [-0.05, 0) is 25.9 Å². The Bertz CT molecular complexity index is 252. The predicted molar refractivity (Wildman–Crippen MR) is 65.7 cm³/mol. The van der Waals surface area contributed by atoms with Crippen LogP contribution in [0, 0.1) is 11.8 Å². The zero-order chi connectivity index (χ0) is 12.9. The van der Waals surface area contributed by atoms with Crippen LogP contribution in [-0.4, -0.2) is 50.0 Å². The summed E-state index contributed by atoms with van der Waals surface area (Å²) < 4.78 is 4.92. The molecule has 0 saturated carbocycles. The lowest BCUT2D eigenvalue weighted by atomic mass is 9.88. The third kappa shape index (κ3) is 4.61. The summed E-state index contributed by atoms with van der Waals surface area (Å²) in [5.74, 6) is 0.461. The summed E-state index contributed by atoms with van der Waals surface area (Å²) in [6.07, 6.45) is 0.517. The van der Waals surface area contributed by atoms with Crippen LogP contribution in [0.4, 0.5) is 0 Å². The fraction of sp³-hybridized carbons (Fsp3) is 0.917. The summed E-state index contributed by atoms with van der Waals surface area (Å²) in [6.45, 7) is 6.24. The molecule has 1 aliphatic rings. The first-order valence-electron chi connectivity index (χ1n) is 6.16. The zero-order valence-electron chi connectivity index (χ0n) is 11.0. The van der Waals surface area contributed by atoms with Gasteiger partial charge < -0.3 is 20.5 Å². The summed E-state index contributed by atoms with van der Waals surface area (Å²) in [5.41, 5.74) is -0.900. The molecule has 5 heteroatoms. The van der Waals surface area contributed by atoms with Crippen molar-refractivity contribution in [2.45, 2.75) is 25.9 Å². The number of hydrogen-bond donors (Lipinski definition) is 3. The van der Waals surface area contributed by atoms with Gasteiger partial charge >= 0.3 is 0 Å². The van der Waals surface area contributed by atoms with Gasteiger partial charge in [-0.2, -0.15) is 0 Å². The van der Waals surface area contributed by atoms with E-state index >= 15 is 0 Å². The van der Waals surface area contributed by atoms with Crippen molar-refractivity contribution in [3.05, 3.63) is 0 Å². The third-order valence-electron chi connectivity index (χ3n) is 3.42. The molecule has 1 fully saturated rings. The first-order chi connectivity index (χ1) is 7.96. The molecule has 1 aliphatic heterocycles. The Morgan fingerprint density at radius 1 is 1.65 bits per heavy atom. The largest absolute Gasteiger partial charge is 0.388 e. The van der Waals surface area contributed by atoms with Gasteiger partial charge in [0.25, 0.3) is 0 Å². The van der Waals surface area contributed by atoms with Gasteiger partial charge in [0, 0.05) is 32.6 Å². The highest BCUT2D eigenvalue weighted by atomic mass is 16.5. The van der Waals surface area contributed by atoms with Crippen molar-refractivity contribution >= 4 is 5.91 Å². The monoisotopic (exact) mass is 244 g/mol. The molecule has 3 N–H and O–H groups in total. The Morgan fingerprint density at radius 3 is 2.76 bits per heavy atom. The maximum absolute atomic E-state index is 11.8. The lowest BCUT2D eigenvalue weighted by Gasteiger charge is -2.32. The van der Waals surface area contributed by atoms with Crippen molar-refractivity contribution in [2.75, 3.05) is 33.4 Å². The lowest BCUT2D eigenvalue weighted by Crippen LogP contribution is -2.51. The Balaban J connectivity index is 2.26. The van der Waals surface area contributed by atoms with E-state index in [1.54, 1.807) is 14.0 Å². The highest BCUT2D eigenvalue weighted by molar-refractivity contribution is 5.78. The molecule has 0 aromatic carbocycles. The van der Waals surface area contributed by atoms with Gasteiger partial charge in [0.1, 0.15) is 0 Å². The first kappa shape index (κ1) is 14.4. The number of nitrogens with one attached hydrogen (secondary N) is 2. The quantitative estimate of drug-likeness (QED) is 0.577. The van der Waals surface area contributed by atoms with E-state index in [1.807, 2.05) is 6.92 Å². The third-order valence-corrected chi connectivity index (χ3v) is 3.42. The van der Waals surface area contributed by atoms with Crippen LogP contribution in [0.2, 0.25) is 0 Å². The molecule has 5 nitrogen and oxygen atoms in total. The summed E-state index contributed by atoms with van der Waals surface area (Å²) in [5, 5.41) is 15.9. The molecule has 1 amide bonds. The Morgan fingerprint density at radius 2 is 2.29 bits per heavy atom. The van der Waals surface area contributed by atoms with Crippen molar-refractivity contribution in [2.24, 2.45) is 11.8 Å². The van der Waals surface area contributed by atoms with Crippen LogP contribution in [0.1, 0.15) is 20.3 Å². The molecule has 100 valence electrons. The van der Waals surface area contributed by atoms with E-state index in [2.05, 4.69) is 10.6 Å². The van der Waals surface area contributed by atoms with Crippen LogP contribution in [0.3, 0.4) is 0 Å². The highest BCUT2D eigenvalue weighted by Crippen LogP contribution is 2.16. The van der Waals surface area contributed by atoms with Crippen LogP contribution < -0.4 is 10.6 Å². The molecule has 2 unspecified atom stereocenters. The molecule has 0 aliphatic carbocycles. The van der Waals surface area contributed by atoms with E-state index < -0.39 is 5.60 Å². The number of carbonyl (C=O) groups excluding carboxylic acids is 1. The molecule has 1 saturated heterocycles. The van der Waals surface area contributed by atoms with Crippen LogP contribution in [0.5, 0.6) is 0 Å².